The van der Waals surface area contributed by atoms with E-state index in [1.165, 1.54) is 24.1 Å². The van der Waals surface area contributed by atoms with Crippen molar-refractivity contribution in [2.24, 2.45) is 0 Å². The largest absolute Gasteiger partial charge is 0.497 e. The summed E-state index contributed by atoms with van der Waals surface area (Å²) in [6.45, 7) is 2.71. The third kappa shape index (κ3) is 4.48. The molecule has 1 atom stereocenters. The Kier molecular flexibility index (Phi) is 5.95. The van der Waals surface area contributed by atoms with E-state index in [4.69, 9.17) is 9.26 Å². The molecule has 1 unspecified atom stereocenters. The zero-order valence-electron chi connectivity index (χ0n) is 16.3. The zero-order valence-corrected chi connectivity index (χ0v) is 16.3. The van der Waals surface area contributed by atoms with Gasteiger partial charge in [0.25, 0.3) is 5.91 Å². The van der Waals surface area contributed by atoms with Crippen molar-refractivity contribution in [1.82, 2.24) is 19.9 Å². The fourth-order valence-corrected chi connectivity index (χ4v) is 3.52. The van der Waals surface area contributed by atoms with E-state index in [1.807, 2.05) is 0 Å². The average molecular weight is 392 g/mol. The number of aromatic nitrogens is 2. The van der Waals surface area contributed by atoms with Gasteiger partial charge in [0.1, 0.15) is 11.6 Å². The Morgan fingerprint density at radius 3 is 2.93 bits per heavy atom. The van der Waals surface area contributed by atoms with Crippen LogP contribution in [0.25, 0.3) is 0 Å². The Morgan fingerprint density at radius 2 is 2.25 bits per heavy atom. The third-order valence-corrected chi connectivity index (χ3v) is 4.83. The van der Waals surface area contributed by atoms with Crippen LogP contribution < -0.4 is 4.74 Å². The summed E-state index contributed by atoms with van der Waals surface area (Å²) in [5.41, 5.74) is -1.19. The molecule has 9 heteroatoms. The van der Waals surface area contributed by atoms with Crippen LogP contribution in [0, 0.1) is 12.7 Å². The van der Waals surface area contributed by atoms with Gasteiger partial charge in [-0.2, -0.15) is 4.98 Å². The molecule has 0 aliphatic carbocycles. The molecule has 0 saturated carbocycles. The highest BCUT2D eigenvalue weighted by Crippen LogP contribution is 2.27. The fourth-order valence-electron chi connectivity index (χ4n) is 3.52. The zero-order chi connectivity index (χ0) is 20.3. The number of methoxy groups -OCH3 is 1. The second kappa shape index (κ2) is 8.24. The van der Waals surface area contributed by atoms with Crippen molar-refractivity contribution in [3.63, 3.8) is 0 Å². The van der Waals surface area contributed by atoms with Crippen molar-refractivity contribution in [3.8, 4) is 5.75 Å². The quantitative estimate of drug-likeness (QED) is 0.764. The van der Waals surface area contributed by atoms with Gasteiger partial charge in [0, 0.05) is 32.1 Å². The number of likely N-dealkylation sites (N-methyl/N-ethyl adjacent to an activating group) is 1. The molecule has 1 N–H and O–H groups in total. The first-order valence-electron chi connectivity index (χ1n) is 9.12. The van der Waals surface area contributed by atoms with E-state index in [-0.39, 0.29) is 13.1 Å². The number of carbonyl (C=O) groups is 1. The number of amides is 1. The lowest BCUT2D eigenvalue weighted by Crippen LogP contribution is -2.57. The number of piperidine rings is 1. The van der Waals surface area contributed by atoms with Gasteiger partial charge < -0.3 is 19.3 Å². The molecule has 1 aliphatic heterocycles. The number of ether oxygens (including phenoxy) is 1. The second-order valence-electron chi connectivity index (χ2n) is 7.22. The van der Waals surface area contributed by atoms with Gasteiger partial charge in [-0.1, -0.05) is 5.16 Å². The third-order valence-electron chi connectivity index (χ3n) is 4.83. The van der Waals surface area contributed by atoms with Crippen molar-refractivity contribution in [2.45, 2.75) is 38.5 Å². The van der Waals surface area contributed by atoms with Crippen LogP contribution in [-0.2, 0) is 17.9 Å². The second-order valence-corrected chi connectivity index (χ2v) is 7.22. The van der Waals surface area contributed by atoms with Gasteiger partial charge in [-0.3, -0.25) is 9.69 Å². The molecule has 3 rings (SSSR count). The number of nitrogens with zero attached hydrogens (tertiary/aromatic N) is 4. The van der Waals surface area contributed by atoms with Crippen molar-refractivity contribution in [2.75, 3.05) is 27.2 Å². The van der Waals surface area contributed by atoms with Crippen LogP contribution in [0.1, 0.15) is 30.1 Å². The molecule has 28 heavy (non-hydrogen) atoms. The van der Waals surface area contributed by atoms with E-state index < -0.39 is 17.3 Å². The normalized spacial score (nSPS) is 20.1. The first kappa shape index (κ1) is 20.2. The molecule has 0 radical (unpaired) electrons. The molecular formula is C19H25FN4O4. The number of hydrogen-bond donors (Lipinski definition) is 1. The smallest absolute Gasteiger partial charge is 0.256 e. The topological polar surface area (TPSA) is 91.9 Å². The minimum atomic E-state index is -1.54. The summed E-state index contributed by atoms with van der Waals surface area (Å²) < 4.78 is 24.2. The summed E-state index contributed by atoms with van der Waals surface area (Å²) in [7, 11) is 3.28. The molecule has 1 aliphatic rings. The van der Waals surface area contributed by atoms with E-state index in [1.54, 1.807) is 24.9 Å². The van der Waals surface area contributed by atoms with Gasteiger partial charge >= 0.3 is 0 Å². The Balaban J connectivity index is 1.68. The van der Waals surface area contributed by atoms with E-state index >= 15 is 0 Å². The molecular weight excluding hydrogens is 367 g/mol. The molecule has 0 bridgehead atoms. The average Bonchev–Trinajstić information content (AvgIpc) is 3.05. The summed E-state index contributed by atoms with van der Waals surface area (Å²) in [4.78, 5) is 20.4. The molecule has 2 aromatic rings. The van der Waals surface area contributed by atoms with Gasteiger partial charge in [0.05, 0.1) is 13.7 Å². The van der Waals surface area contributed by atoms with Crippen LogP contribution in [0.3, 0.4) is 0 Å². The standard InChI is InChI=1S/C19H25FN4O4/c1-13-21-17(22-28-13)11-23(2)12-19(26)7-4-8-24(18(19)25)10-14-9-15(27-3)5-6-16(14)20/h5-6,9,26H,4,7-8,10-12H2,1-3H3. The molecule has 8 nitrogen and oxygen atoms in total. The van der Waals surface area contributed by atoms with Crippen LogP contribution in [0.2, 0.25) is 0 Å². The number of carbonyl (C=O) groups excluding carboxylic acids is 1. The van der Waals surface area contributed by atoms with Crippen molar-refractivity contribution >= 4 is 5.91 Å². The highest BCUT2D eigenvalue weighted by Gasteiger charge is 2.43. The molecule has 1 saturated heterocycles. The minimum Gasteiger partial charge on any atom is -0.497 e. The summed E-state index contributed by atoms with van der Waals surface area (Å²) in [6, 6.07) is 4.41. The van der Waals surface area contributed by atoms with Gasteiger partial charge in [0.15, 0.2) is 11.4 Å². The summed E-state index contributed by atoms with van der Waals surface area (Å²) in [5.74, 6) is 0.653. The molecule has 0 spiro atoms. The fraction of sp³-hybridized carbons (Fsp3) is 0.526. The van der Waals surface area contributed by atoms with Crippen LogP contribution in [0.5, 0.6) is 5.75 Å². The van der Waals surface area contributed by atoms with Gasteiger partial charge in [-0.25, -0.2) is 4.39 Å². The summed E-state index contributed by atoms with van der Waals surface area (Å²) in [6.07, 6.45) is 0.974. The van der Waals surface area contributed by atoms with E-state index in [9.17, 15) is 14.3 Å². The maximum absolute atomic E-state index is 14.1. The SMILES string of the molecule is COc1ccc(F)c(CN2CCCC(O)(CN(C)Cc3noc(C)n3)C2=O)c1. The number of rotatable bonds is 7. The lowest BCUT2D eigenvalue weighted by atomic mass is 9.90. The monoisotopic (exact) mass is 392 g/mol. The maximum atomic E-state index is 14.1. The summed E-state index contributed by atoms with van der Waals surface area (Å²) >= 11 is 0. The van der Waals surface area contributed by atoms with Crippen molar-refractivity contribution in [3.05, 3.63) is 41.3 Å². The van der Waals surface area contributed by atoms with Crippen LogP contribution in [-0.4, -0.2) is 63.8 Å². The number of likely N-dealkylation sites (tertiary alicyclic amines) is 1. The lowest BCUT2D eigenvalue weighted by molar-refractivity contribution is -0.160. The Hall–Kier alpha value is -2.52. The predicted molar refractivity (Wildman–Crippen MR) is 97.9 cm³/mol. The first-order chi connectivity index (χ1) is 13.3. The Labute approximate surface area is 162 Å². The first-order valence-corrected chi connectivity index (χ1v) is 9.12. The minimum absolute atomic E-state index is 0.0813. The number of aliphatic hydroxyl groups is 1. The molecule has 152 valence electrons. The van der Waals surface area contributed by atoms with Crippen LogP contribution in [0.15, 0.2) is 22.7 Å². The predicted octanol–water partition coefficient (Wildman–Crippen LogP) is 1.51. The molecule has 1 fully saturated rings. The highest BCUT2D eigenvalue weighted by molar-refractivity contribution is 5.86. The van der Waals surface area contributed by atoms with E-state index in [0.717, 1.165) is 0 Å². The van der Waals surface area contributed by atoms with Gasteiger partial charge in [-0.05, 0) is 38.1 Å². The van der Waals surface area contributed by atoms with Gasteiger partial charge in [-0.15, -0.1) is 0 Å². The van der Waals surface area contributed by atoms with Crippen LogP contribution in [0.4, 0.5) is 4.39 Å². The number of benzene rings is 1. The van der Waals surface area contributed by atoms with E-state index in [0.29, 0.717) is 49.0 Å². The molecule has 2 heterocycles. The molecule has 1 aromatic carbocycles. The number of aryl methyl sites for hydroxylation is 1. The Morgan fingerprint density at radius 1 is 1.46 bits per heavy atom. The number of halogens is 1. The van der Waals surface area contributed by atoms with E-state index in [2.05, 4.69) is 10.1 Å². The van der Waals surface area contributed by atoms with Crippen LogP contribution >= 0.6 is 0 Å². The summed E-state index contributed by atoms with van der Waals surface area (Å²) in [5, 5.41) is 14.8. The lowest BCUT2D eigenvalue weighted by Gasteiger charge is -2.40. The maximum Gasteiger partial charge on any atom is 0.256 e. The Bertz CT molecular complexity index is 843. The molecule has 1 amide bonds. The number of hydrogen-bond acceptors (Lipinski definition) is 7. The van der Waals surface area contributed by atoms with Crippen molar-refractivity contribution in [1.29, 1.82) is 0 Å². The molecule has 1 aromatic heterocycles. The van der Waals surface area contributed by atoms with Crippen molar-refractivity contribution < 1.29 is 23.6 Å². The highest BCUT2D eigenvalue weighted by atomic mass is 19.1. The van der Waals surface area contributed by atoms with Gasteiger partial charge in [0.2, 0.25) is 5.89 Å².